The van der Waals surface area contributed by atoms with Crippen molar-refractivity contribution in [1.82, 2.24) is 14.9 Å². The fraction of sp³-hybridized carbons (Fsp3) is 0.579. The Hall–Kier alpha value is -1.50. The number of nitrogens with zero attached hydrogens (tertiary/aromatic N) is 3. The molecule has 5 nitrogen and oxygen atoms in total. The minimum atomic E-state index is 0.281. The van der Waals surface area contributed by atoms with Gasteiger partial charge < -0.3 is 15.3 Å². The molecule has 0 spiro atoms. The van der Waals surface area contributed by atoms with Crippen LogP contribution < -0.4 is 5.32 Å². The number of hydrogen-bond acceptors (Lipinski definition) is 6. The first kappa shape index (κ1) is 18.3. The Morgan fingerprint density at radius 2 is 2.12 bits per heavy atom. The molecular weight excluding hydrogens is 332 g/mol. The highest BCUT2D eigenvalue weighted by Gasteiger charge is 2.22. The summed E-state index contributed by atoms with van der Waals surface area (Å²) in [7, 11) is 0. The van der Waals surface area contributed by atoms with Gasteiger partial charge in [-0.2, -0.15) is 0 Å². The van der Waals surface area contributed by atoms with Crippen LogP contribution in [0.3, 0.4) is 0 Å². The van der Waals surface area contributed by atoms with E-state index in [-0.39, 0.29) is 6.61 Å². The number of aromatic nitrogens is 2. The van der Waals surface area contributed by atoms with E-state index in [9.17, 15) is 0 Å². The van der Waals surface area contributed by atoms with E-state index < -0.39 is 0 Å². The molecule has 6 heteroatoms. The van der Waals surface area contributed by atoms with Gasteiger partial charge in [-0.05, 0) is 70.7 Å². The second-order valence-corrected chi connectivity index (χ2v) is 7.84. The number of aryl methyl sites for hydroxylation is 1. The van der Waals surface area contributed by atoms with E-state index in [2.05, 4.69) is 34.3 Å². The van der Waals surface area contributed by atoms with Crippen molar-refractivity contribution in [2.45, 2.75) is 45.6 Å². The van der Waals surface area contributed by atoms with E-state index in [1.165, 1.54) is 12.8 Å². The maximum Gasteiger partial charge on any atom is 0.188 e. The number of hydrogen-bond donors (Lipinski definition) is 2. The van der Waals surface area contributed by atoms with Gasteiger partial charge in [-0.15, -0.1) is 11.3 Å². The number of aliphatic hydroxyl groups is 1. The predicted octanol–water partition coefficient (Wildman–Crippen LogP) is 3.62. The van der Waals surface area contributed by atoms with Crippen molar-refractivity contribution in [2.75, 3.05) is 25.0 Å². The topological polar surface area (TPSA) is 61.3 Å². The van der Waals surface area contributed by atoms with Gasteiger partial charge >= 0.3 is 0 Å². The summed E-state index contributed by atoms with van der Waals surface area (Å²) in [5, 5.41) is 15.3. The number of likely N-dealkylation sites (tertiary alicyclic amines) is 1. The normalized spacial score (nSPS) is 17.6. The summed E-state index contributed by atoms with van der Waals surface area (Å²) in [5.41, 5.74) is 2.19. The molecule has 1 aliphatic heterocycles. The van der Waals surface area contributed by atoms with Crippen molar-refractivity contribution in [3.05, 3.63) is 35.0 Å². The molecule has 0 radical (unpaired) electrons. The quantitative estimate of drug-likeness (QED) is 0.790. The summed E-state index contributed by atoms with van der Waals surface area (Å²) >= 11 is 1.61. The third-order valence-corrected chi connectivity index (χ3v) is 5.85. The zero-order valence-corrected chi connectivity index (χ0v) is 15.9. The van der Waals surface area contributed by atoms with Gasteiger partial charge in [0.1, 0.15) is 5.82 Å². The molecule has 0 aromatic carbocycles. The number of thiazole rings is 1. The average molecular weight is 361 g/mol. The first-order valence-electron chi connectivity index (χ1n) is 9.14. The van der Waals surface area contributed by atoms with Crippen LogP contribution in [0, 0.1) is 12.8 Å². The standard InChI is InChI=1S/C19H28N4OS/c1-14-13-25-19(20-14)22-18-5-3-4-17(21-18)12-16-6-9-23(10-7-16)15(2)8-11-24/h3-5,13,15-16,24H,6-12H2,1-2H3,(H,20,21,22)/t15-/m1/s1. The molecule has 0 saturated carbocycles. The highest BCUT2D eigenvalue weighted by Crippen LogP contribution is 2.24. The lowest BCUT2D eigenvalue weighted by molar-refractivity contribution is 0.119. The molecular formula is C19H28N4OS. The SMILES string of the molecule is Cc1csc(Nc2cccc(CC3CCN([C@H](C)CCO)CC3)n2)n1. The van der Waals surface area contributed by atoms with Crippen LogP contribution >= 0.6 is 11.3 Å². The van der Waals surface area contributed by atoms with Crippen molar-refractivity contribution < 1.29 is 5.11 Å². The Balaban J connectivity index is 1.53. The summed E-state index contributed by atoms with van der Waals surface area (Å²) < 4.78 is 0. The zero-order valence-electron chi connectivity index (χ0n) is 15.1. The molecule has 2 aromatic rings. The van der Waals surface area contributed by atoms with Gasteiger partial charge in [0.15, 0.2) is 5.13 Å². The molecule has 25 heavy (non-hydrogen) atoms. The summed E-state index contributed by atoms with van der Waals surface area (Å²) in [6.07, 6.45) is 4.33. The number of piperidine rings is 1. The Morgan fingerprint density at radius 3 is 2.80 bits per heavy atom. The average Bonchev–Trinajstić information content (AvgIpc) is 3.01. The van der Waals surface area contributed by atoms with Crippen LogP contribution in [0.15, 0.2) is 23.6 Å². The molecule has 0 bridgehead atoms. The molecule has 3 rings (SSSR count). The van der Waals surface area contributed by atoms with Crippen LogP contribution in [0.5, 0.6) is 0 Å². The molecule has 0 unspecified atom stereocenters. The van der Waals surface area contributed by atoms with Gasteiger partial charge in [-0.1, -0.05) is 6.07 Å². The highest BCUT2D eigenvalue weighted by atomic mass is 32.1. The Labute approximate surface area is 154 Å². The fourth-order valence-electron chi connectivity index (χ4n) is 3.45. The second-order valence-electron chi connectivity index (χ2n) is 6.98. The first-order chi connectivity index (χ1) is 12.1. The third-order valence-electron chi connectivity index (χ3n) is 4.98. The number of pyridine rings is 1. The molecule has 1 fully saturated rings. The Morgan fingerprint density at radius 1 is 1.32 bits per heavy atom. The molecule has 1 saturated heterocycles. The van der Waals surface area contributed by atoms with Crippen molar-refractivity contribution in [1.29, 1.82) is 0 Å². The molecule has 136 valence electrons. The lowest BCUT2D eigenvalue weighted by atomic mass is 9.91. The van der Waals surface area contributed by atoms with Gasteiger partial charge in [0.05, 0.1) is 5.69 Å². The van der Waals surface area contributed by atoms with E-state index >= 15 is 0 Å². The molecule has 2 N–H and O–H groups in total. The minimum Gasteiger partial charge on any atom is -0.396 e. The second kappa shape index (κ2) is 8.74. The van der Waals surface area contributed by atoms with E-state index in [4.69, 9.17) is 10.1 Å². The van der Waals surface area contributed by atoms with E-state index in [1.807, 2.05) is 18.4 Å². The maximum atomic E-state index is 9.10. The van der Waals surface area contributed by atoms with Crippen molar-refractivity contribution in [3.63, 3.8) is 0 Å². The summed E-state index contributed by atoms with van der Waals surface area (Å²) in [4.78, 5) is 11.7. The fourth-order valence-corrected chi connectivity index (χ4v) is 4.14. The van der Waals surface area contributed by atoms with Gasteiger partial charge in [0.25, 0.3) is 0 Å². The van der Waals surface area contributed by atoms with Crippen LogP contribution in [-0.2, 0) is 6.42 Å². The van der Waals surface area contributed by atoms with E-state index in [1.54, 1.807) is 11.3 Å². The molecule has 1 atom stereocenters. The van der Waals surface area contributed by atoms with Crippen molar-refractivity contribution in [2.24, 2.45) is 5.92 Å². The van der Waals surface area contributed by atoms with Gasteiger partial charge in [0.2, 0.25) is 0 Å². The van der Waals surface area contributed by atoms with Crippen LogP contribution in [-0.4, -0.2) is 45.7 Å². The number of aliphatic hydroxyl groups excluding tert-OH is 1. The smallest absolute Gasteiger partial charge is 0.188 e. The monoisotopic (exact) mass is 360 g/mol. The Bertz CT molecular complexity index is 667. The molecule has 0 aliphatic carbocycles. The molecule has 0 amide bonds. The van der Waals surface area contributed by atoms with E-state index in [0.717, 1.165) is 48.3 Å². The largest absolute Gasteiger partial charge is 0.396 e. The van der Waals surface area contributed by atoms with Crippen LogP contribution in [0.25, 0.3) is 0 Å². The molecule has 3 heterocycles. The van der Waals surface area contributed by atoms with Crippen molar-refractivity contribution >= 4 is 22.3 Å². The summed E-state index contributed by atoms with van der Waals surface area (Å²) in [6, 6.07) is 6.68. The summed E-state index contributed by atoms with van der Waals surface area (Å²) in [5.74, 6) is 1.57. The minimum absolute atomic E-state index is 0.281. The number of anilines is 2. The Kier molecular flexibility index (Phi) is 6.39. The zero-order chi connectivity index (χ0) is 17.6. The highest BCUT2D eigenvalue weighted by molar-refractivity contribution is 7.13. The van der Waals surface area contributed by atoms with E-state index in [0.29, 0.717) is 12.0 Å². The molecule has 1 aliphatic rings. The van der Waals surface area contributed by atoms with Gasteiger partial charge in [-0.3, -0.25) is 0 Å². The van der Waals surface area contributed by atoms with Gasteiger partial charge in [-0.25, -0.2) is 9.97 Å². The first-order valence-corrected chi connectivity index (χ1v) is 10.0. The maximum absolute atomic E-state index is 9.10. The lowest BCUT2D eigenvalue weighted by Gasteiger charge is -2.35. The summed E-state index contributed by atoms with van der Waals surface area (Å²) in [6.45, 7) is 6.75. The predicted molar refractivity (Wildman–Crippen MR) is 104 cm³/mol. The molecule has 2 aromatic heterocycles. The number of nitrogens with one attached hydrogen (secondary N) is 1. The number of rotatable bonds is 7. The lowest BCUT2D eigenvalue weighted by Crippen LogP contribution is -2.40. The van der Waals surface area contributed by atoms with Crippen LogP contribution in [0.1, 0.15) is 37.6 Å². The van der Waals surface area contributed by atoms with Crippen LogP contribution in [0.2, 0.25) is 0 Å². The van der Waals surface area contributed by atoms with Crippen molar-refractivity contribution in [3.8, 4) is 0 Å². The van der Waals surface area contributed by atoms with Crippen LogP contribution in [0.4, 0.5) is 10.9 Å². The van der Waals surface area contributed by atoms with Gasteiger partial charge in [0, 0.05) is 23.7 Å². The third kappa shape index (κ3) is 5.23.